The third kappa shape index (κ3) is 2.78. The smallest absolute Gasteiger partial charge is 0.218 e. The Bertz CT molecular complexity index is 425. The van der Waals surface area contributed by atoms with Crippen LogP contribution in [0, 0.1) is 0 Å². The Kier molecular flexibility index (Phi) is 4.12. The number of thioether (sulfide) groups is 2. The third-order valence-corrected chi connectivity index (χ3v) is 6.07. The molecule has 1 fully saturated rings. The van der Waals surface area contributed by atoms with Gasteiger partial charge in [0, 0.05) is 38.2 Å². The van der Waals surface area contributed by atoms with E-state index >= 15 is 0 Å². The van der Waals surface area contributed by atoms with Crippen LogP contribution in [0.2, 0.25) is 0 Å². The fourth-order valence-electron chi connectivity index (χ4n) is 1.93. The molecule has 98 valence electrons. The number of hydrogen-bond donors (Lipinski definition) is 1. The van der Waals surface area contributed by atoms with Crippen molar-refractivity contribution >= 4 is 35.1 Å². The van der Waals surface area contributed by atoms with Crippen molar-refractivity contribution in [2.24, 2.45) is 0 Å². The van der Waals surface area contributed by atoms with Gasteiger partial charge in [0.15, 0.2) is 4.20 Å². The molecule has 0 saturated carbocycles. The molecule has 18 heavy (non-hydrogen) atoms. The lowest BCUT2D eigenvalue weighted by Crippen LogP contribution is -2.37. The monoisotopic (exact) mass is 282 g/mol. The van der Waals surface area contributed by atoms with Gasteiger partial charge in [-0.3, -0.25) is 4.79 Å². The SMILES string of the molecule is CC(=O)NC1(c2ccc(N(C)C)cc2)SCCS1. The van der Waals surface area contributed by atoms with E-state index in [-0.39, 0.29) is 10.1 Å². The van der Waals surface area contributed by atoms with Crippen LogP contribution in [0.4, 0.5) is 5.69 Å². The zero-order chi connectivity index (χ0) is 13.2. The van der Waals surface area contributed by atoms with E-state index in [0.29, 0.717) is 0 Å². The first-order chi connectivity index (χ1) is 8.53. The molecule has 1 N–H and O–H groups in total. The largest absolute Gasteiger partial charge is 0.378 e. The quantitative estimate of drug-likeness (QED) is 0.923. The molecule has 0 spiro atoms. The highest BCUT2D eigenvalue weighted by Crippen LogP contribution is 2.49. The van der Waals surface area contributed by atoms with E-state index in [1.807, 2.05) is 14.1 Å². The number of anilines is 1. The molecule has 1 heterocycles. The van der Waals surface area contributed by atoms with E-state index in [1.54, 1.807) is 30.4 Å². The fourth-order valence-corrected chi connectivity index (χ4v) is 5.05. The number of benzene rings is 1. The number of carbonyl (C=O) groups excluding carboxylic acids is 1. The lowest BCUT2D eigenvalue weighted by molar-refractivity contribution is -0.119. The zero-order valence-corrected chi connectivity index (χ0v) is 12.5. The van der Waals surface area contributed by atoms with Crippen LogP contribution in [0.1, 0.15) is 12.5 Å². The van der Waals surface area contributed by atoms with Gasteiger partial charge in [-0.1, -0.05) is 12.1 Å². The van der Waals surface area contributed by atoms with Gasteiger partial charge in [-0.25, -0.2) is 0 Å². The maximum Gasteiger partial charge on any atom is 0.218 e. The maximum absolute atomic E-state index is 11.4. The molecule has 0 aromatic heterocycles. The van der Waals surface area contributed by atoms with Crippen molar-refractivity contribution in [1.29, 1.82) is 0 Å². The highest BCUT2D eigenvalue weighted by atomic mass is 32.2. The summed E-state index contributed by atoms with van der Waals surface area (Å²) in [4.78, 5) is 13.5. The lowest BCUT2D eigenvalue weighted by atomic mass is 10.2. The minimum atomic E-state index is -0.295. The maximum atomic E-state index is 11.4. The summed E-state index contributed by atoms with van der Waals surface area (Å²) < 4.78 is -0.295. The normalized spacial score (nSPS) is 17.5. The van der Waals surface area contributed by atoms with E-state index in [2.05, 4.69) is 34.5 Å². The first-order valence-corrected chi connectivity index (χ1v) is 7.85. The summed E-state index contributed by atoms with van der Waals surface area (Å²) in [7, 11) is 4.05. The summed E-state index contributed by atoms with van der Waals surface area (Å²) in [6, 6.07) is 8.41. The van der Waals surface area contributed by atoms with Crippen LogP contribution < -0.4 is 10.2 Å². The summed E-state index contributed by atoms with van der Waals surface area (Å²) >= 11 is 3.61. The molecule has 1 aromatic carbocycles. The number of nitrogens with zero attached hydrogens (tertiary/aromatic N) is 1. The van der Waals surface area contributed by atoms with Crippen molar-refractivity contribution < 1.29 is 4.79 Å². The predicted molar refractivity (Wildman–Crippen MR) is 81.2 cm³/mol. The molecule has 0 unspecified atom stereocenters. The van der Waals surface area contributed by atoms with Gasteiger partial charge in [-0.2, -0.15) is 0 Å². The Morgan fingerprint density at radius 3 is 2.22 bits per heavy atom. The molecule has 3 nitrogen and oxygen atoms in total. The average molecular weight is 282 g/mol. The molecule has 0 radical (unpaired) electrons. The Morgan fingerprint density at radius 1 is 1.22 bits per heavy atom. The van der Waals surface area contributed by atoms with Gasteiger partial charge in [0.1, 0.15) is 0 Å². The Hall–Kier alpha value is -0.810. The van der Waals surface area contributed by atoms with Crippen molar-refractivity contribution in [3.8, 4) is 0 Å². The van der Waals surface area contributed by atoms with Gasteiger partial charge < -0.3 is 10.2 Å². The van der Waals surface area contributed by atoms with Crippen molar-refractivity contribution in [3.63, 3.8) is 0 Å². The van der Waals surface area contributed by atoms with Crippen LogP contribution in [-0.4, -0.2) is 31.5 Å². The number of rotatable bonds is 3. The number of carbonyl (C=O) groups is 1. The van der Waals surface area contributed by atoms with Crippen molar-refractivity contribution in [1.82, 2.24) is 5.32 Å². The Labute approximate surface area is 117 Å². The highest BCUT2D eigenvalue weighted by molar-refractivity contribution is 8.20. The Morgan fingerprint density at radius 2 is 1.78 bits per heavy atom. The molecule has 0 aliphatic carbocycles. The number of nitrogens with one attached hydrogen (secondary N) is 1. The molecule has 0 bridgehead atoms. The number of amides is 1. The molecular formula is C13H18N2OS2. The van der Waals surface area contributed by atoms with Crippen LogP contribution in [-0.2, 0) is 9.00 Å². The van der Waals surface area contributed by atoms with Gasteiger partial charge in [0.2, 0.25) is 5.91 Å². The van der Waals surface area contributed by atoms with Gasteiger partial charge in [-0.15, -0.1) is 23.5 Å². The molecule has 1 aliphatic rings. The standard InChI is InChI=1S/C13H18N2OS2/c1-10(16)14-13(17-8-9-18-13)11-4-6-12(7-5-11)15(2)3/h4-7H,8-9H2,1-3H3,(H,14,16). The second-order valence-electron chi connectivity index (χ2n) is 4.44. The minimum Gasteiger partial charge on any atom is -0.378 e. The molecular weight excluding hydrogens is 264 g/mol. The van der Waals surface area contributed by atoms with Crippen molar-refractivity contribution in [3.05, 3.63) is 29.8 Å². The van der Waals surface area contributed by atoms with Gasteiger partial charge in [0.05, 0.1) is 0 Å². The minimum absolute atomic E-state index is 0.0218. The highest BCUT2D eigenvalue weighted by Gasteiger charge is 2.38. The van der Waals surface area contributed by atoms with E-state index < -0.39 is 0 Å². The molecule has 1 saturated heterocycles. The fraction of sp³-hybridized carbons (Fsp3) is 0.462. The van der Waals surface area contributed by atoms with Crippen LogP contribution in [0.25, 0.3) is 0 Å². The van der Waals surface area contributed by atoms with Crippen molar-refractivity contribution in [2.75, 3.05) is 30.5 Å². The van der Waals surface area contributed by atoms with Crippen LogP contribution in [0.15, 0.2) is 24.3 Å². The summed E-state index contributed by atoms with van der Waals surface area (Å²) in [5.41, 5.74) is 2.33. The zero-order valence-electron chi connectivity index (χ0n) is 10.9. The first kappa shape index (κ1) is 13.6. The number of hydrogen-bond acceptors (Lipinski definition) is 4. The van der Waals surface area contributed by atoms with E-state index in [1.165, 1.54) is 5.69 Å². The Balaban J connectivity index is 2.28. The van der Waals surface area contributed by atoms with E-state index in [9.17, 15) is 4.79 Å². The summed E-state index contributed by atoms with van der Waals surface area (Å²) in [5.74, 6) is 2.16. The van der Waals surface area contributed by atoms with Crippen molar-refractivity contribution in [2.45, 2.75) is 11.1 Å². The summed E-state index contributed by atoms with van der Waals surface area (Å²) in [6.45, 7) is 1.58. The lowest BCUT2D eigenvalue weighted by Gasteiger charge is -2.29. The molecule has 2 rings (SSSR count). The van der Waals surface area contributed by atoms with Crippen LogP contribution >= 0.6 is 23.5 Å². The summed E-state index contributed by atoms with van der Waals surface area (Å²) in [5, 5.41) is 3.09. The molecule has 1 amide bonds. The van der Waals surface area contributed by atoms with E-state index in [0.717, 1.165) is 17.1 Å². The molecule has 1 aromatic rings. The average Bonchev–Trinajstić information content (AvgIpc) is 2.78. The van der Waals surface area contributed by atoms with Gasteiger partial charge >= 0.3 is 0 Å². The second kappa shape index (κ2) is 5.45. The topological polar surface area (TPSA) is 32.3 Å². The third-order valence-electron chi connectivity index (χ3n) is 2.80. The van der Waals surface area contributed by atoms with Crippen LogP contribution in [0.5, 0.6) is 0 Å². The second-order valence-corrected chi connectivity index (χ2v) is 7.31. The predicted octanol–water partition coefficient (Wildman–Crippen LogP) is 2.48. The molecule has 5 heteroatoms. The van der Waals surface area contributed by atoms with Gasteiger partial charge in [0.25, 0.3) is 0 Å². The van der Waals surface area contributed by atoms with Crippen LogP contribution in [0.3, 0.4) is 0 Å². The summed E-state index contributed by atoms with van der Waals surface area (Å²) in [6.07, 6.45) is 0. The van der Waals surface area contributed by atoms with E-state index in [4.69, 9.17) is 0 Å². The molecule has 1 aliphatic heterocycles. The first-order valence-electron chi connectivity index (χ1n) is 5.88. The van der Waals surface area contributed by atoms with Gasteiger partial charge in [-0.05, 0) is 17.7 Å². The molecule has 0 atom stereocenters.